The number of carbonyl (C=O) groups excluding carboxylic acids is 1. The highest BCUT2D eigenvalue weighted by atomic mass is 35.5. The van der Waals surface area contributed by atoms with E-state index in [0.717, 1.165) is 0 Å². The summed E-state index contributed by atoms with van der Waals surface area (Å²) in [5, 5.41) is 0.986. The molecule has 0 aliphatic carbocycles. The van der Waals surface area contributed by atoms with Gasteiger partial charge in [-0.1, -0.05) is 23.2 Å². The molecule has 100 valence electrons. The maximum absolute atomic E-state index is 11.9. The molecule has 0 aromatic heterocycles. The second-order valence-corrected chi connectivity index (χ2v) is 5.50. The van der Waals surface area contributed by atoms with Crippen LogP contribution >= 0.6 is 23.2 Å². The summed E-state index contributed by atoms with van der Waals surface area (Å²) < 4.78 is 5.02. The molecule has 1 aromatic carbocycles. The SMILES string of the molecule is CCOC(=O)C(C)(C)C(N)c1cc(Cl)cc(Cl)c1. The van der Waals surface area contributed by atoms with Crippen molar-refractivity contribution in [1.82, 2.24) is 0 Å². The van der Waals surface area contributed by atoms with Crippen molar-refractivity contribution in [3.05, 3.63) is 33.8 Å². The molecule has 0 aliphatic rings. The van der Waals surface area contributed by atoms with Crippen molar-refractivity contribution in [2.75, 3.05) is 6.61 Å². The minimum absolute atomic E-state index is 0.325. The van der Waals surface area contributed by atoms with E-state index in [1.54, 1.807) is 39.0 Å². The fourth-order valence-corrected chi connectivity index (χ4v) is 2.16. The Morgan fingerprint density at radius 3 is 2.28 bits per heavy atom. The van der Waals surface area contributed by atoms with Gasteiger partial charge in [-0.2, -0.15) is 0 Å². The van der Waals surface area contributed by atoms with E-state index >= 15 is 0 Å². The average molecular weight is 290 g/mol. The molecule has 1 unspecified atom stereocenters. The first kappa shape index (κ1) is 15.3. The molecule has 1 rings (SSSR count). The van der Waals surface area contributed by atoms with Crippen LogP contribution < -0.4 is 5.73 Å². The summed E-state index contributed by atoms with van der Waals surface area (Å²) in [6.45, 7) is 5.57. The fraction of sp³-hybridized carbons (Fsp3) is 0.462. The number of rotatable bonds is 4. The van der Waals surface area contributed by atoms with Gasteiger partial charge in [0.1, 0.15) is 0 Å². The number of hydrogen-bond acceptors (Lipinski definition) is 3. The molecule has 1 atom stereocenters. The van der Waals surface area contributed by atoms with Crippen molar-refractivity contribution >= 4 is 29.2 Å². The van der Waals surface area contributed by atoms with Gasteiger partial charge in [-0.05, 0) is 44.5 Å². The van der Waals surface area contributed by atoms with Gasteiger partial charge in [0.15, 0.2) is 0 Å². The van der Waals surface area contributed by atoms with Gasteiger partial charge in [0.25, 0.3) is 0 Å². The summed E-state index contributed by atoms with van der Waals surface area (Å²) >= 11 is 11.9. The summed E-state index contributed by atoms with van der Waals surface area (Å²) in [5.74, 6) is -0.339. The van der Waals surface area contributed by atoms with Crippen LogP contribution in [0, 0.1) is 5.41 Å². The van der Waals surface area contributed by atoms with Gasteiger partial charge in [0, 0.05) is 16.1 Å². The lowest BCUT2D eigenvalue weighted by atomic mass is 9.81. The molecule has 0 amide bonds. The van der Waals surface area contributed by atoms with E-state index in [1.165, 1.54) is 0 Å². The number of halogens is 2. The third-order valence-corrected chi connectivity index (χ3v) is 3.26. The number of esters is 1. The molecular weight excluding hydrogens is 273 g/mol. The molecule has 3 nitrogen and oxygen atoms in total. The zero-order valence-corrected chi connectivity index (χ0v) is 12.2. The quantitative estimate of drug-likeness (QED) is 0.862. The Kier molecular flexibility index (Phi) is 5.02. The van der Waals surface area contributed by atoms with Crippen molar-refractivity contribution in [3.63, 3.8) is 0 Å². The van der Waals surface area contributed by atoms with Crippen LogP contribution in [0.25, 0.3) is 0 Å². The smallest absolute Gasteiger partial charge is 0.313 e. The van der Waals surface area contributed by atoms with Gasteiger partial charge in [-0.3, -0.25) is 4.79 Å². The Morgan fingerprint density at radius 2 is 1.83 bits per heavy atom. The minimum Gasteiger partial charge on any atom is -0.466 e. The molecule has 5 heteroatoms. The Bertz CT molecular complexity index is 426. The lowest BCUT2D eigenvalue weighted by molar-refractivity contribution is -0.154. The van der Waals surface area contributed by atoms with Crippen LogP contribution in [0.15, 0.2) is 18.2 Å². The van der Waals surface area contributed by atoms with Crippen LogP contribution in [0.1, 0.15) is 32.4 Å². The fourth-order valence-electron chi connectivity index (χ4n) is 1.62. The lowest BCUT2D eigenvalue weighted by Gasteiger charge is -2.29. The van der Waals surface area contributed by atoms with Crippen molar-refractivity contribution in [3.8, 4) is 0 Å². The van der Waals surface area contributed by atoms with E-state index in [-0.39, 0.29) is 5.97 Å². The topological polar surface area (TPSA) is 52.3 Å². The predicted molar refractivity (Wildman–Crippen MR) is 73.8 cm³/mol. The highest BCUT2D eigenvalue weighted by Gasteiger charge is 2.37. The Balaban J connectivity index is 3.04. The van der Waals surface area contributed by atoms with Gasteiger partial charge < -0.3 is 10.5 Å². The second-order valence-electron chi connectivity index (χ2n) is 4.62. The van der Waals surface area contributed by atoms with Crippen molar-refractivity contribution < 1.29 is 9.53 Å². The normalized spacial score (nSPS) is 13.2. The number of hydrogen-bond donors (Lipinski definition) is 1. The standard InChI is InChI=1S/C13H17Cl2NO2/c1-4-18-12(17)13(2,3)11(16)8-5-9(14)7-10(15)6-8/h5-7,11H,4,16H2,1-3H3. The zero-order chi connectivity index (χ0) is 13.9. The number of ether oxygens (including phenoxy) is 1. The summed E-state index contributed by atoms with van der Waals surface area (Å²) in [6, 6.07) is 4.50. The van der Waals surface area contributed by atoms with Crippen LogP contribution in [0.4, 0.5) is 0 Å². The molecule has 18 heavy (non-hydrogen) atoms. The Labute approximate surface area is 117 Å². The second kappa shape index (κ2) is 5.91. The van der Waals surface area contributed by atoms with E-state index in [0.29, 0.717) is 22.2 Å². The summed E-state index contributed by atoms with van der Waals surface area (Å²) in [6.07, 6.45) is 0. The molecule has 0 fully saturated rings. The molecule has 0 saturated heterocycles. The molecular formula is C13H17Cl2NO2. The molecule has 1 aromatic rings. The highest BCUT2D eigenvalue weighted by molar-refractivity contribution is 6.34. The molecule has 0 heterocycles. The van der Waals surface area contributed by atoms with Crippen LogP contribution in [0.3, 0.4) is 0 Å². The third kappa shape index (κ3) is 3.37. The first-order chi connectivity index (χ1) is 8.28. The lowest BCUT2D eigenvalue weighted by Crippen LogP contribution is -2.37. The maximum Gasteiger partial charge on any atom is 0.313 e. The summed E-state index contributed by atoms with van der Waals surface area (Å²) in [7, 11) is 0. The van der Waals surface area contributed by atoms with E-state index in [9.17, 15) is 4.79 Å². The first-order valence-electron chi connectivity index (χ1n) is 5.67. The van der Waals surface area contributed by atoms with Crippen LogP contribution in [-0.2, 0) is 9.53 Å². The van der Waals surface area contributed by atoms with Crippen molar-refractivity contribution in [2.45, 2.75) is 26.8 Å². The Hall–Kier alpha value is -0.770. The monoisotopic (exact) mass is 289 g/mol. The van der Waals surface area contributed by atoms with Gasteiger partial charge in [-0.15, -0.1) is 0 Å². The minimum atomic E-state index is -0.843. The average Bonchev–Trinajstić information content (AvgIpc) is 2.26. The molecule has 0 spiro atoms. The van der Waals surface area contributed by atoms with Gasteiger partial charge >= 0.3 is 5.97 Å². The van der Waals surface area contributed by atoms with Gasteiger partial charge in [-0.25, -0.2) is 0 Å². The van der Waals surface area contributed by atoms with Crippen molar-refractivity contribution in [1.29, 1.82) is 0 Å². The summed E-state index contributed by atoms with van der Waals surface area (Å²) in [4.78, 5) is 11.9. The van der Waals surface area contributed by atoms with E-state index < -0.39 is 11.5 Å². The third-order valence-electron chi connectivity index (χ3n) is 2.82. The molecule has 0 aliphatic heterocycles. The van der Waals surface area contributed by atoms with Gasteiger partial charge in [0.2, 0.25) is 0 Å². The highest BCUT2D eigenvalue weighted by Crippen LogP contribution is 2.34. The predicted octanol–water partition coefficient (Wildman–Crippen LogP) is 3.58. The largest absolute Gasteiger partial charge is 0.466 e. The van der Waals surface area contributed by atoms with Crippen LogP contribution in [0.2, 0.25) is 10.0 Å². The van der Waals surface area contributed by atoms with E-state index in [1.807, 2.05) is 0 Å². The van der Waals surface area contributed by atoms with E-state index in [2.05, 4.69) is 0 Å². The molecule has 0 saturated carbocycles. The zero-order valence-electron chi connectivity index (χ0n) is 10.7. The number of carbonyl (C=O) groups is 1. The maximum atomic E-state index is 11.9. The van der Waals surface area contributed by atoms with Gasteiger partial charge in [0.05, 0.1) is 12.0 Å². The number of benzene rings is 1. The molecule has 0 bridgehead atoms. The molecule has 2 N–H and O–H groups in total. The first-order valence-corrected chi connectivity index (χ1v) is 6.43. The van der Waals surface area contributed by atoms with E-state index in [4.69, 9.17) is 33.7 Å². The number of nitrogens with two attached hydrogens (primary N) is 1. The molecule has 0 radical (unpaired) electrons. The van der Waals surface area contributed by atoms with Crippen LogP contribution in [-0.4, -0.2) is 12.6 Å². The summed E-state index contributed by atoms with van der Waals surface area (Å²) in [5.41, 5.74) is 5.99. The van der Waals surface area contributed by atoms with Crippen LogP contribution in [0.5, 0.6) is 0 Å². The Morgan fingerprint density at radius 1 is 1.33 bits per heavy atom. The van der Waals surface area contributed by atoms with Crippen molar-refractivity contribution in [2.24, 2.45) is 11.1 Å².